The molecule has 1 aromatic heterocycles. The van der Waals surface area contributed by atoms with E-state index in [1.54, 1.807) is 0 Å². The highest BCUT2D eigenvalue weighted by Gasteiger charge is 2.28. The Morgan fingerprint density at radius 3 is 2.50 bits per heavy atom. The van der Waals surface area contributed by atoms with E-state index in [0.29, 0.717) is 12.8 Å². The molecule has 0 aliphatic carbocycles. The third kappa shape index (κ3) is 3.31. The first-order valence-electron chi connectivity index (χ1n) is 5.60. The minimum atomic E-state index is -0.657. The second kappa shape index (κ2) is 6.31. The van der Waals surface area contributed by atoms with Gasteiger partial charge in [0.15, 0.2) is 10.3 Å². The molecule has 1 aromatic rings. The Bertz CT molecular complexity index is 428. The molecule has 1 amide bonds. The van der Waals surface area contributed by atoms with Crippen LogP contribution in [-0.2, 0) is 0 Å². The van der Waals surface area contributed by atoms with Crippen LogP contribution in [0.25, 0.3) is 0 Å². The zero-order valence-corrected chi connectivity index (χ0v) is 11.7. The summed E-state index contributed by atoms with van der Waals surface area (Å²) in [5.74, 6) is -0.422. The fourth-order valence-electron chi connectivity index (χ4n) is 1.51. The van der Waals surface area contributed by atoms with Crippen LogP contribution in [0.4, 0.5) is 0 Å². The molecule has 0 unspecified atom stereocenters. The zero-order valence-electron chi connectivity index (χ0n) is 10.2. The molecular formula is C11H15Cl2N3O2. The predicted octanol–water partition coefficient (Wildman–Crippen LogP) is 2.06. The van der Waals surface area contributed by atoms with E-state index in [2.05, 4.69) is 15.5 Å². The van der Waals surface area contributed by atoms with Gasteiger partial charge in [0.25, 0.3) is 5.91 Å². The molecule has 1 rings (SSSR count). The number of halogens is 2. The number of carbonyl (C=O) groups excluding carboxylic acids is 1. The Morgan fingerprint density at radius 2 is 2.00 bits per heavy atom. The average molecular weight is 292 g/mol. The molecule has 0 aromatic carbocycles. The van der Waals surface area contributed by atoms with Gasteiger partial charge in [0.1, 0.15) is 0 Å². The first kappa shape index (κ1) is 15.1. The monoisotopic (exact) mass is 291 g/mol. The highest BCUT2D eigenvalue weighted by atomic mass is 35.5. The van der Waals surface area contributed by atoms with Gasteiger partial charge >= 0.3 is 0 Å². The average Bonchev–Trinajstić information content (AvgIpc) is 2.38. The predicted molar refractivity (Wildman–Crippen MR) is 69.9 cm³/mol. The minimum absolute atomic E-state index is 0.0176. The maximum absolute atomic E-state index is 12.1. The van der Waals surface area contributed by atoms with Crippen molar-refractivity contribution in [2.75, 3.05) is 6.61 Å². The third-order valence-corrected chi connectivity index (χ3v) is 3.46. The van der Waals surface area contributed by atoms with Crippen molar-refractivity contribution in [3.8, 4) is 0 Å². The van der Waals surface area contributed by atoms with Crippen LogP contribution in [0.2, 0.25) is 10.3 Å². The molecule has 5 nitrogen and oxygen atoms in total. The van der Waals surface area contributed by atoms with Gasteiger partial charge in [-0.3, -0.25) is 4.79 Å². The largest absolute Gasteiger partial charge is 0.394 e. The van der Waals surface area contributed by atoms with Crippen molar-refractivity contribution in [1.82, 2.24) is 15.5 Å². The van der Waals surface area contributed by atoms with Gasteiger partial charge in [-0.2, -0.15) is 0 Å². The van der Waals surface area contributed by atoms with E-state index in [-0.39, 0.29) is 22.5 Å². The number of aliphatic hydroxyl groups excluding tert-OH is 1. The third-order valence-electron chi connectivity index (χ3n) is 3.00. The Kier molecular flexibility index (Phi) is 5.31. The maximum atomic E-state index is 12.1. The highest BCUT2D eigenvalue weighted by Crippen LogP contribution is 2.19. The van der Waals surface area contributed by atoms with Crippen molar-refractivity contribution in [3.05, 3.63) is 21.9 Å². The van der Waals surface area contributed by atoms with Crippen LogP contribution in [0.3, 0.4) is 0 Å². The van der Waals surface area contributed by atoms with Crippen LogP contribution in [0.5, 0.6) is 0 Å². The molecule has 1 heterocycles. The molecule has 0 radical (unpaired) electrons. The number of nitrogens with one attached hydrogen (secondary N) is 1. The molecule has 0 atom stereocenters. The van der Waals surface area contributed by atoms with E-state index in [1.165, 1.54) is 6.07 Å². The number of rotatable bonds is 5. The lowest BCUT2D eigenvalue weighted by Gasteiger charge is -2.30. The maximum Gasteiger partial charge on any atom is 0.255 e. The number of carbonyl (C=O) groups is 1. The smallest absolute Gasteiger partial charge is 0.255 e. The van der Waals surface area contributed by atoms with E-state index < -0.39 is 11.4 Å². The number of aliphatic hydroxyl groups is 1. The SMILES string of the molecule is CCC(CC)(CO)NC(=O)c1cc(Cl)nnc1Cl. The Hall–Kier alpha value is -0.910. The molecular weight excluding hydrogens is 277 g/mol. The number of aromatic nitrogens is 2. The standard InChI is InChI=1S/C11H15Cl2N3O2/c1-3-11(4-2,6-17)14-10(18)7-5-8(12)15-16-9(7)13/h5,17H,3-4,6H2,1-2H3,(H,14,18). The summed E-state index contributed by atoms with van der Waals surface area (Å²) in [6.07, 6.45) is 1.21. The summed E-state index contributed by atoms with van der Waals surface area (Å²) in [7, 11) is 0. The summed E-state index contributed by atoms with van der Waals surface area (Å²) in [6, 6.07) is 1.35. The minimum Gasteiger partial charge on any atom is -0.394 e. The molecule has 0 fully saturated rings. The Labute approximate surface area is 116 Å². The van der Waals surface area contributed by atoms with E-state index in [9.17, 15) is 9.90 Å². The topological polar surface area (TPSA) is 75.1 Å². The molecule has 0 aliphatic rings. The van der Waals surface area contributed by atoms with Gasteiger partial charge in [0, 0.05) is 0 Å². The summed E-state index contributed by atoms with van der Waals surface area (Å²) in [5, 5.41) is 19.3. The van der Waals surface area contributed by atoms with Crippen LogP contribution in [-0.4, -0.2) is 33.4 Å². The second-order valence-electron chi connectivity index (χ2n) is 3.97. The summed E-state index contributed by atoms with van der Waals surface area (Å²) in [4.78, 5) is 12.1. The fourth-order valence-corrected chi connectivity index (χ4v) is 1.84. The lowest BCUT2D eigenvalue weighted by atomic mass is 9.93. The van der Waals surface area contributed by atoms with E-state index >= 15 is 0 Å². The molecule has 0 aliphatic heterocycles. The highest BCUT2D eigenvalue weighted by molar-refractivity contribution is 6.34. The van der Waals surface area contributed by atoms with Crippen molar-refractivity contribution in [1.29, 1.82) is 0 Å². The van der Waals surface area contributed by atoms with E-state index in [4.69, 9.17) is 23.2 Å². The molecule has 0 saturated carbocycles. The van der Waals surface area contributed by atoms with Crippen molar-refractivity contribution in [2.45, 2.75) is 32.2 Å². The van der Waals surface area contributed by atoms with Crippen LogP contribution >= 0.6 is 23.2 Å². The Balaban J connectivity index is 2.97. The van der Waals surface area contributed by atoms with Crippen molar-refractivity contribution < 1.29 is 9.90 Å². The molecule has 18 heavy (non-hydrogen) atoms. The zero-order chi connectivity index (χ0) is 13.8. The van der Waals surface area contributed by atoms with Gasteiger partial charge in [0.2, 0.25) is 0 Å². The van der Waals surface area contributed by atoms with Crippen LogP contribution in [0.15, 0.2) is 6.07 Å². The summed E-state index contributed by atoms with van der Waals surface area (Å²) >= 11 is 11.5. The van der Waals surface area contributed by atoms with Gasteiger partial charge in [-0.05, 0) is 18.9 Å². The molecule has 100 valence electrons. The quantitative estimate of drug-likeness (QED) is 0.871. The van der Waals surface area contributed by atoms with Gasteiger partial charge in [-0.1, -0.05) is 37.0 Å². The normalized spacial score (nSPS) is 11.4. The van der Waals surface area contributed by atoms with Crippen molar-refractivity contribution in [2.24, 2.45) is 0 Å². The van der Waals surface area contributed by atoms with E-state index in [1.807, 2.05) is 13.8 Å². The lowest BCUT2D eigenvalue weighted by molar-refractivity contribution is 0.0817. The molecule has 0 saturated heterocycles. The number of hydrogen-bond donors (Lipinski definition) is 2. The van der Waals surface area contributed by atoms with Crippen LogP contribution < -0.4 is 5.32 Å². The van der Waals surface area contributed by atoms with Crippen LogP contribution in [0, 0.1) is 0 Å². The first-order chi connectivity index (χ1) is 8.48. The number of hydrogen-bond acceptors (Lipinski definition) is 4. The second-order valence-corrected chi connectivity index (χ2v) is 4.72. The van der Waals surface area contributed by atoms with Gasteiger partial charge in [-0.25, -0.2) is 0 Å². The van der Waals surface area contributed by atoms with Gasteiger partial charge < -0.3 is 10.4 Å². The Morgan fingerprint density at radius 1 is 1.39 bits per heavy atom. The van der Waals surface area contributed by atoms with Gasteiger partial charge in [0.05, 0.1) is 17.7 Å². The fraction of sp³-hybridized carbons (Fsp3) is 0.545. The summed E-state index contributed by atoms with van der Waals surface area (Å²) < 4.78 is 0. The molecule has 0 spiro atoms. The van der Waals surface area contributed by atoms with E-state index in [0.717, 1.165) is 0 Å². The lowest BCUT2D eigenvalue weighted by Crippen LogP contribution is -2.50. The number of nitrogens with zero attached hydrogens (tertiary/aromatic N) is 2. The molecule has 2 N–H and O–H groups in total. The van der Waals surface area contributed by atoms with Crippen LogP contribution in [0.1, 0.15) is 37.0 Å². The summed E-state index contributed by atoms with van der Waals surface area (Å²) in [5.41, 5.74) is -0.507. The van der Waals surface area contributed by atoms with Crippen molar-refractivity contribution in [3.63, 3.8) is 0 Å². The first-order valence-corrected chi connectivity index (χ1v) is 6.35. The van der Waals surface area contributed by atoms with Gasteiger partial charge in [-0.15, -0.1) is 10.2 Å². The molecule has 0 bridgehead atoms. The molecule has 7 heteroatoms. The number of amides is 1. The van der Waals surface area contributed by atoms with Crippen molar-refractivity contribution >= 4 is 29.1 Å². The summed E-state index contributed by atoms with van der Waals surface area (Å²) in [6.45, 7) is 3.63.